The van der Waals surface area contributed by atoms with Gasteiger partial charge in [0, 0.05) is 13.2 Å². The molecule has 0 aromatic heterocycles. The third-order valence-electron chi connectivity index (χ3n) is 6.52. The van der Waals surface area contributed by atoms with E-state index in [1.807, 2.05) is 6.07 Å². The van der Waals surface area contributed by atoms with Crippen molar-refractivity contribution in [2.75, 3.05) is 26.4 Å². The van der Waals surface area contributed by atoms with Crippen LogP contribution in [0.15, 0.2) is 30.3 Å². The first-order valence-electron chi connectivity index (χ1n) is 15.4. The van der Waals surface area contributed by atoms with Gasteiger partial charge in [-0.3, -0.25) is 0 Å². The van der Waals surface area contributed by atoms with Crippen LogP contribution in [-0.2, 0) is 23.7 Å². The Balaban J connectivity index is 2.13. The van der Waals surface area contributed by atoms with Gasteiger partial charge in [-0.25, -0.2) is 14.3 Å². The molecule has 1 rings (SSSR count). The summed E-state index contributed by atoms with van der Waals surface area (Å²) in [7, 11) is -4.08. The van der Waals surface area contributed by atoms with E-state index < -0.39 is 7.82 Å². The van der Waals surface area contributed by atoms with Crippen molar-refractivity contribution in [2.45, 2.75) is 128 Å². The first-order valence-corrected chi connectivity index (χ1v) is 16.8. The molecule has 0 spiro atoms. The van der Waals surface area contributed by atoms with Crippen LogP contribution in [0.25, 0.3) is 0 Å². The number of hydrogen-bond donors (Lipinski definition) is 2. The number of aliphatic hydroxyl groups excluding tert-OH is 2. The first-order chi connectivity index (χ1) is 19.2. The van der Waals surface area contributed by atoms with Crippen LogP contribution in [0.5, 0.6) is 5.75 Å². The Morgan fingerprint density at radius 1 is 0.487 bits per heavy atom. The summed E-state index contributed by atoms with van der Waals surface area (Å²) in [4.78, 5) is 10.4. The van der Waals surface area contributed by atoms with Crippen molar-refractivity contribution in [2.24, 2.45) is 0 Å². The summed E-state index contributed by atoms with van der Waals surface area (Å²) in [5.74, 6) is 0.348. The van der Waals surface area contributed by atoms with E-state index in [0.29, 0.717) is 32.2 Å². The van der Waals surface area contributed by atoms with Crippen LogP contribution in [0.4, 0.5) is 0 Å². The van der Waals surface area contributed by atoms with E-state index >= 15 is 0 Å². The topological polar surface area (TPSA) is 104 Å². The molecule has 0 fully saturated rings. The van der Waals surface area contributed by atoms with Gasteiger partial charge in [0.2, 0.25) is 0 Å². The lowest BCUT2D eigenvalue weighted by Gasteiger charge is -2.16. The van der Waals surface area contributed by atoms with Gasteiger partial charge in [-0.2, -0.15) is 0 Å². The van der Waals surface area contributed by atoms with Crippen LogP contribution in [0, 0.1) is 0 Å². The predicted molar refractivity (Wildman–Crippen MR) is 155 cm³/mol. The van der Waals surface area contributed by atoms with Gasteiger partial charge in [0.25, 0.3) is 0 Å². The Bertz CT molecular complexity index is 642. The third-order valence-corrected chi connectivity index (χ3v) is 7.53. The fraction of sp³-hybridized carbons (Fsp3) is 0.800. The second-order valence-corrected chi connectivity index (χ2v) is 11.5. The van der Waals surface area contributed by atoms with Crippen molar-refractivity contribution in [3.05, 3.63) is 30.3 Å². The number of aliphatic hydroxyl groups is 2. The quantitative estimate of drug-likeness (QED) is 0.0406. The molecular formula is C30H55O8P. The molecular weight excluding hydrogens is 519 g/mol. The van der Waals surface area contributed by atoms with Crippen molar-refractivity contribution in [3.63, 3.8) is 0 Å². The van der Waals surface area contributed by atoms with Gasteiger partial charge in [-0.05, 0) is 37.8 Å². The highest BCUT2D eigenvalue weighted by Crippen LogP contribution is 2.50. The molecule has 39 heavy (non-hydrogen) atoms. The standard InChI is InChI=1S/C30H55O8P/c31-26-20-13-9-5-1-3-7-11-15-22-28-34-37-39(33,36-30-24-18-17-19-25-30)38-35-29-23-16-12-8-4-2-6-10-14-21-27-32/h17-19,24-25,31-32H,1-16,20-23,26-29H2. The van der Waals surface area contributed by atoms with Gasteiger partial charge in [-0.15, -0.1) is 9.35 Å². The normalized spacial score (nSPS) is 11.7. The lowest BCUT2D eigenvalue weighted by molar-refractivity contribution is -0.277. The minimum absolute atomic E-state index is 0.299. The molecule has 0 heterocycles. The van der Waals surface area contributed by atoms with Gasteiger partial charge in [0.15, 0.2) is 0 Å². The molecule has 8 nitrogen and oxygen atoms in total. The number of benzene rings is 1. The Labute approximate surface area is 237 Å². The van der Waals surface area contributed by atoms with Crippen LogP contribution in [0.2, 0.25) is 0 Å². The van der Waals surface area contributed by atoms with E-state index in [1.165, 1.54) is 64.2 Å². The zero-order valence-corrected chi connectivity index (χ0v) is 25.0. The predicted octanol–water partition coefficient (Wildman–Crippen LogP) is 8.86. The Kier molecular flexibility index (Phi) is 25.1. The van der Waals surface area contributed by atoms with E-state index in [1.54, 1.807) is 24.3 Å². The number of rotatable bonds is 30. The Morgan fingerprint density at radius 3 is 1.18 bits per heavy atom. The Hall–Kier alpha value is -0.990. The Morgan fingerprint density at radius 2 is 0.821 bits per heavy atom. The molecule has 0 unspecified atom stereocenters. The van der Waals surface area contributed by atoms with Crippen LogP contribution < -0.4 is 4.52 Å². The molecule has 9 heteroatoms. The van der Waals surface area contributed by atoms with E-state index in [-0.39, 0.29) is 0 Å². The molecule has 0 aliphatic rings. The summed E-state index contributed by atoms with van der Waals surface area (Å²) < 4.78 is 28.7. The van der Waals surface area contributed by atoms with Crippen molar-refractivity contribution in [3.8, 4) is 5.75 Å². The van der Waals surface area contributed by atoms with Crippen molar-refractivity contribution in [1.29, 1.82) is 0 Å². The minimum atomic E-state index is -4.08. The lowest BCUT2D eigenvalue weighted by Crippen LogP contribution is -2.06. The molecule has 0 saturated carbocycles. The second kappa shape index (κ2) is 27.2. The molecule has 2 N–H and O–H groups in total. The highest BCUT2D eigenvalue weighted by atomic mass is 31.2. The van der Waals surface area contributed by atoms with Crippen molar-refractivity contribution < 1.29 is 38.4 Å². The molecule has 0 atom stereocenters. The molecule has 1 aromatic rings. The largest absolute Gasteiger partial charge is 0.585 e. The van der Waals surface area contributed by atoms with Gasteiger partial charge < -0.3 is 14.7 Å². The summed E-state index contributed by atoms with van der Waals surface area (Å²) >= 11 is 0. The first kappa shape index (κ1) is 36.0. The summed E-state index contributed by atoms with van der Waals surface area (Å²) in [6.07, 6.45) is 22.2. The van der Waals surface area contributed by atoms with Gasteiger partial charge in [0.05, 0.1) is 13.2 Å². The van der Waals surface area contributed by atoms with Gasteiger partial charge in [-0.1, -0.05) is 121 Å². The third kappa shape index (κ3) is 23.4. The highest BCUT2D eigenvalue weighted by molar-refractivity contribution is 7.48. The van der Waals surface area contributed by atoms with Crippen LogP contribution in [0.3, 0.4) is 0 Å². The molecule has 0 amide bonds. The summed E-state index contributed by atoms with van der Waals surface area (Å²) in [6.45, 7) is 1.20. The maximum absolute atomic E-state index is 13.0. The number of hydrogen-bond acceptors (Lipinski definition) is 8. The van der Waals surface area contributed by atoms with E-state index in [2.05, 4.69) is 0 Å². The van der Waals surface area contributed by atoms with Crippen molar-refractivity contribution in [1.82, 2.24) is 0 Å². The molecule has 0 bridgehead atoms. The fourth-order valence-electron chi connectivity index (χ4n) is 4.23. The van der Waals surface area contributed by atoms with Gasteiger partial charge in [0.1, 0.15) is 5.75 Å². The van der Waals surface area contributed by atoms with Crippen molar-refractivity contribution >= 4 is 7.82 Å². The molecule has 1 aromatic carbocycles. The van der Waals surface area contributed by atoms with Crippen LogP contribution in [-0.4, -0.2) is 36.6 Å². The highest BCUT2D eigenvalue weighted by Gasteiger charge is 2.32. The maximum atomic E-state index is 13.0. The molecule has 0 aliphatic carbocycles. The maximum Gasteiger partial charge on any atom is 0.585 e. The molecule has 0 aliphatic heterocycles. The monoisotopic (exact) mass is 574 g/mol. The van der Waals surface area contributed by atoms with Crippen LogP contribution in [0.1, 0.15) is 128 Å². The van der Waals surface area contributed by atoms with E-state index in [9.17, 15) is 4.57 Å². The summed E-state index contributed by atoms with van der Waals surface area (Å²) in [5, 5.41) is 17.6. The van der Waals surface area contributed by atoms with E-state index in [4.69, 9.17) is 33.9 Å². The molecule has 228 valence electrons. The zero-order chi connectivity index (χ0) is 28.1. The summed E-state index contributed by atoms with van der Waals surface area (Å²) in [5.41, 5.74) is 0. The second-order valence-electron chi connectivity index (χ2n) is 10.2. The summed E-state index contributed by atoms with van der Waals surface area (Å²) in [6, 6.07) is 8.70. The van der Waals surface area contributed by atoms with E-state index in [0.717, 1.165) is 64.2 Å². The fourth-order valence-corrected chi connectivity index (χ4v) is 5.10. The average molecular weight is 575 g/mol. The molecule has 0 radical (unpaired) electrons. The smallest absolute Gasteiger partial charge is 0.401 e. The van der Waals surface area contributed by atoms with Crippen LogP contribution >= 0.6 is 7.82 Å². The SMILES string of the molecule is O=P(OOCCCCCCCCCCCCO)(OOCCCCCCCCCCCCO)Oc1ccccc1. The zero-order valence-electron chi connectivity index (χ0n) is 24.1. The average Bonchev–Trinajstić information content (AvgIpc) is 2.94. The number of phosphoric acid groups is 1. The van der Waals surface area contributed by atoms with Gasteiger partial charge >= 0.3 is 7.82 Å². The number of unbranched alkanes of at least 4 members (excludes halogenated alkanes) is 18. The minimum Gasteiger partial charge on any atom is -0.401 e. The lowest BCUT2D eigenvalue weighted by atomic mass is 10.1. The molecule has 0 saturated heterocycles. The number of para-hydroxylation sites is 1.